The molecule has 2 aliphatic heterocycles. The number of halogens is 4. The Morgan fingerprint density at radius 2 is 1.21 bits per heavy atom. The average molecular weight is 1380 g/mol. The van der Waals surface area contributed by atoms with Gasteiger partial charge in [0.05, 0.1) is 18.9 Å². The Labute approximate surface area is 571 Å². The number of nitrogens with zero attached hydrogens (tertiary/aromatic N) is 8. The lowest BCUT2D eigenvalue weighted by Gasteiger charge is -2.45. The van der Waals surface area contributed by atoms with E-state index in [-0.39, 0.29) is 75.7 Å². The summed E-state index contributed by atoms with van der Waals surface area (Å²) >= 11 is 6.33. The molecule has 28 heteroatoms. The van der Waals surface area contributed by atoms with Crippen molar-refractivity contribution in [1.29, 1.82) is 0 Å². The molecule has 2 heterocycles. The van der Waals surface area contributed by atoms with Crippen LogP contribution in [0.1, 0.15) is 177 Å². The highest BCUT2D eigenvalue weighted by Gasteiger charge is 2.49. The molecule has 3 saturated carbocycles. The van der Waals surface area contributed by atoms with Crippen LogP contribution in [0.5, 0.6) is 0 Å². The standard InChI is InChI=1S/C68H112ClF3N12O12/c1-17-40(6)56-66(95)79(12)42(8)61(90)84-32-31-49(84)64(93)81(14)51(35-43-23-19-18-20-24-43)63(92)78(11)37-53(85)74-48(30-28-44-27-29-46(47(69)34-44)68(70,71)72)59(88)73-41(7)58(87)75-55(39(4)5)65(94)83(16)57(45-25-21-22-26-45)67(96)82(15)52(62(91)77(9)10)36-54(86)80(13)50(33-38(2)3)60(89)76-56/h38-52,55-57H,17-37H2,1-16H3,(H,73,88)(H,74,85)(H,75,87)(H,76,89)/t40-,41+,42-,44?,46?,47?,48-,49-,50-,51-,52-,55-,56-,57-/m0/s1. The predicted molar refractivity (Wildman–Crippen MR) is 356 cm³/mol. The number of likely N-dealkylation sites (N-methyl/N-ethyl adjacent to an activating group) is 7. The van der Waals surface area contributed by atoms with Crippen LogP contribution in [0.4, 0.5) is 13.2 Å². The van der Waals surface area contributed by atoms with Gasteiger partial charge in [-0.15, -0.1) is 11.6 Å². The van der Waals surface area contributed by atoms with E-state index in [2.05, 4.69) is 21.3 Å². The minimum absolute atomic E-state index is 0.0194. The zero-order valence-electron chi connectivity index (χ0n) is 59.7. The third kappa shape index (κ3) is 20.4. The summed E-state index contributed by atoms with van der Waals surface area (Å²) in [6, 6.07) is -12.4. The minimum atomic E-state index is -4.51. The zero-order valence-corrected chi connectivity index (χ0v) is 60.5. The molecular weight excluding hydrogens is 1270 g/mol. The van der Waals surface area contributed by atoms with Gasteiger partial charge in [0.25, 0.3) is 0 Å². The lowest BCUT2D eigenvalue weighted by Crippen LogP contribution is -2.65. The molecule has 5 fully saturated rings. The fraction of sp³-hybridized carbons (Fsp3) is 0.824. The highest BCUT2D eigenvalue weighted by atomic mass is 35.5. The molecule has 0 bridgehead atoms. The molecule has 0 aromatic carbocycles. The number of hydrogen-bond acceptors (Lipinski definition) is 12. The van der Waals surface area contributed by atoms with Crippen molar-refractivity contribution in [3.05, 3.63) is 0 Å². The maximum Gasteiger partial charge on any atom is 0.393 e. The van der Waals surface area contributed by atoms with Gasteiger partial charge in [-0.25, -0.2) is 0 Å². The van der Waals surface area contributed by atoms with Crippen LogP contribution in [-0.2, 0) is 57.5 Å². The third-order valence-electron chi connectivity index (χ3n) is 21.2. The SMILES string of the molecule is CC[C@H](C)[C@@H]1NC(=O)[C@H](CC(C)C)N(C)C(=O)C[C@@H](C(=O)N(C)C)N(C)C(=O)[C@H](C2CCCC2)N(C)C(=O)[C@H](C(C)C)NC(=O)[C@@H](C)NC(=O)[C@H](CCC2CCC(C(F)(F)F)C(Cl)C2)NC(=O)CN(C)C(=O)[C@H](CC2CCCCC2)N(C)C(=O)[C@@H]2CCN2C(=O)[C@H](C)N(C)C1=O. The smallest absolute Gasteiger partial charge is 0.347 e. The monoisotopic (exact) mass is 1380 g/mol. The Balaban J connectivity index is 1.58. The third-order valence-corrected chi connectivity index (χ3v) is 21.7. The molecule has 2 saturated heterocycles. The van der Waals surface area contributed by atoms with Crippen molar-refractivity contribution in [2.24, 2.45) is 41.4 Å². The summed E-state index contributed by atoms with van der Waals surface area (Å²) < 4.78 is 41.7. The van der Waals surface area contributed by atoms with Crippen molar-refractivity contribution in [3.8, 4) is 0 Å². The summed E-state index contributed by atoms with van der Waals surface area (Å²) in [5.41, 5.74) is 0. The van der Waals surface area contributed by atoms with Gasteiger partial charge in [-0.2, -0.15) is 13.2 Å². The second kappa shape index (κ2) is 35.5. The Morgan fingerprint density at radius 1 is 0.615 bits per heavy atom. The number of alkyl halides is 4. The van der Waals surface area contributed by atoms with Crippen LogP contribution in [0, 0.1) is 41.4 Å². The number of carbonyl (C=O) groups excluding carboxylic acids is 12. The van der Waals surface area contributed by atoms with Crippen molar-refractivity contribution in [2.45, 2.75) is 249 Å². The molecule has 24 nitrogen and oxygen atoms in total. The van der Waals surface area contributed by atoms with E-state index < -0.39 is 179 Å². The molecule has 0 aromatic heterocycles. The predicted octanol–water partition coefficient (Wildman–Crippen LogP) is 4.93. The van der Waals surface area contributed by atoms with Crippen LogP contribution in [0.15, 0.2) is 0 Å². The molecular formula is C68H112ClF3N12O12. The molecule has 3 unspecified atom stereocenters. The molecule has 0 aromatic rings. The molecule has 5 rings (SSSR count). The fourth-order valence-electron chi connectivity index (χ4n) is 14.4. The van der Waals surface area contributed by atoms with E-state index in [9.17, 15) is 65.9 Å². The largest absolute Gasteiger partial charge is 0.393 e. The van der Waals surface area contributed by atoms with Gasteiger partial charge in [0, 0.05) is 68.3 Å². The summed E-state index contributed by atoms with van der Waals surface area (Å²) in [4.78, 5) is 186. The maximum atomic E-state index is 15.3. The van der Waals surface area contributed by atoms with Crippen molar-refractivity contribution in [2.75, 3.05) is 69.5 Å². The molecule has 0 spiro atoms. The van der Waals surface area contributed by atoms with Gasteiger partial charge in [0.15, 0.2) is 0 Å². The van der Waals surface area contributed by atoms with Crippen molar-refractivity contribution < 1.29 is 70.7 Å². The van der Waals surface area contributed by atoms with E-state index in [1.54, 1.807) is 20.8 Å². The van der Waals surface area contributed by atoms with E-state index in [0.29, 0.717) is 19.3 Å². The number of hydrogen-bond donors (Lipinski definition) is 4. The lowest BCUT2D eigenvalue weighted by molar-refractivity contribution is -0.182. The summed E-state index contributed by atoms with van der Waals surface area (Å²) in [6.45, 7) is 13.1. The van der Waals surface area contributed by atoms with Crippen LogP contribution in [0.25, 0.3) is 0 Å². The second-order valence-electron chi connectivity index (χ2n) is 29.2. The van der Waals surface area contributed by atoms with Crippen LogP contribution >= 0.6 is 11.6 Å². The first-order chi connectivity index (χ1) is 44.8. The van der Waals surface area contributed by atoms with Gasteiger partial charge in [0.1, 0.15) is 60.4 Å². The Morgan fingerprint density at radius 3 is 1.75 bits per heavy atom. The fourth-order valence-corrected chi connectivity index (χ4v) is 14.9. The van der Waals surface area contributed by atoms with Crippen molar-refractivity contribution in [1.82, 2.24) is 60.5 Å². The van der Waals surface area contributed by atoms with Crippen LogP contribution < -0.4 is 21.3 Å². The first-order valence-corrected chi connectivity index (χ1v) is 35.3. The minimum Gasteiger partial charge on any atom is -0.347 e. The molecule has 14 atom stereocenters. The second-order valence-corrected chi connectivity index (χ2v) is 29.8. The molecule has 96 heavy (non-hydrogen) atoms. The van der Waals surface area contributed by atoms with Gasteiger partial charge in [-0.1, -0.05) is 92.9 Å². The number of fused-ring (bicyclic) bond motifs is 1. The topological polar surface area (TPSA) is 279 Å². The lowest BCUT2D eigenvalue weighted by atomic mass is 9.79. The van der Waals surface area contributed by atoms with Crippen molar-refractivity contribution in [3.63, 3.8) is 0 Å². The number of carbonyl (C=O) groups is 12. The highest BCUT2D eigenvalue weighted by Crippen LogP contribution is 2.44. The summed E-state index contributed by atoms with van der Waals surface area (Å²) in [5, 5.41) is 9.79. The molecule has 4 N–H and O–H groups in total. The Kier molecular flexibility index (Phi) is 29.7. The number of nitrogens with one attached hydrogen (secondary N) is 4. The summed E-state index contributed by atoms with van der Waals surface area (Å²) in [7, 11) is 11.4. The van der Waals surface area contributed by atoms with Gasteiger partial charge in [0.2, 0.25) is 70.9 Å². The molecule has 544 valence electrons. The van der Waals surface area contributed by atoms with E-state index >= 15 is 4.79 Å². The maximum absolute atomic E-state index is 15.3. The summed E-state index contributed by atoms with van der Waals surface area (Å²) in [5.74, 6) is -11.9. The number of rotatable bonds is 12. The average Bonchev–Trinajstić information content (AvgIpc) is 0.921. The van der Waals surface area contributed by atoms with Gasteiger partial charge < -0.3 is 60.5 Å². The first kappa shape index (κ1) is 80.4. The Hall–Kier alpha value is -6.28. The molecule has 5 aliphatic rings. The van der Waals surface area contributed by atoms with Gasteiger partial charge in [-0.05, 0) is 114 Å². The highest BCUT2D eigenvalue weighted by molar-refractivity contribution is 6.20. The normalized spacial score (nSPS) is 30.7. The molecule has 12 amide bonds. The van der Waals surface area contributed by atoms with Crippen molar-refractivity contribution >= 4 is 82.5 Å². The molecule has 3 aliphatic carbocycles. The van der Waals surface area contributed by atoms with E-state index in [4.69, 9.17) is 11.6 Å². The molecule has 0 radical (unpaired) electrons. The van der Waals surface area contributed by atoms with E-state index in [0.717, 1.165) is 54.7 Å². The van der Waals surface area contributed by atoms with Crippen LogP contribution in [-0.4, -0.2) is 252 Å². The van der Waals surface area contributed by atoms with E-state index in [1.165, 1.54) is 99.6 Å². The quantitative estimate of drug-likeness (QED) is 0.190. The zero-order chi connectivity index (χ0) is 72.1. The van der Waals surface area contributed by atoms with Gasteiger partial charge >= 0.3 is 6.18 Å². The van der Waals surface area contributed by atoms with Gasteiger partial charge in [-0.3, -0.25) is 57.5 Å². The first-order valence-electron chi connectivity index (χ1n) is 34.8. The van der Waals surface area contributed by atoms with Crippen LogP contribution in [0.3, 0.4) is 0 Å². The van der Waals surface area contributed by atoms with E-state index in [1.807, 2.05) is 20.8 Å². The Bertz CT molecular complexity index is 2770. The van der Waals surface area contributed by atoms with Crippen LogP contribution in [0.2, 0.25) is 0 Å². The number of amides is 12. The summed E-state index contributed by atoms with van der Waals surface area (Å²) in [6.07, 6.45) is 2.67.